The van der Waals surface area contributed by atoms with E-state index in [-0.39, 0.29) is 0 Å². The number of aliphatic imine (C=N–C) groups is 1. The van der Waals surface area contributed by atoms with Crippen LogP contribution in [0.4, 0.5) is 11.8 Å². The summed E-state index contributed by atoms with van der Waals surface area (Å²) >= 11 is 13.1. The van der Waals surface area contributed by atoms with Crippen LogP contribution in [0, 0.1) is 0 Å². The Balaban J connectivity index is 1.37. The summed E-state index contributed by atoms with van der Waals surface area (Å²) in [6.07, 6.45) is 3.67. The van der Waals surface area contributed by atoms with Crippen LogP contribution in [0.25, 0.3) is 22.2 Å². The van der Waals surface area contributed by atoms with E-state index in [0.29, 0.717) is 52.2 Å². The summed E-state index contributed by atoms with van der Waals surface area (Å²) in [7, 11) is 2.17. The molecule has 190 valence electrons. The predicted octanol–water partition coefficient (Wildman–Crippen LogP) is 4.24. The van der Waals surface area contributed by atoms with Crippen molar-refractivity contribution in [3.05, 3.63) is 40.5 Å². The number of halogens is 2. The number of amidine groups is 1. The third-order valence-corrected chi connectivity index (χ3v) is 6.98. The van der Waals surface area contributed by atoms with Gasteiger partial charge in [0.1, 0.15) is 5.82 Å². The number of benzene rings is 1. The third kappa shape index (κ3) is 5.98. The minimum atomic E-state index is 0.425. The molecule has 0 radical (unpaired) electrons. The second-order valence-electron chi connectivity index (χ2n) is 9.03. The zero-order valence-corrected chi connectivity index (χ0v) is 21.8. The number of nitrogens with zero attached hydrogens (tertiary/aromatic N) is 6. The molecule has 1 fully saturated rings. The monoisotopic (exact) mass is 528 g/mol. The molecule has 0 atom stereocenters. The van der Waals surface area contributed by atoms with Crippen LogP contribution in [0.15, 0.2) is 35.5 Å². The highest BCUT2D eigenvalue weighted by Gasteiger charge is 2.19. The minimum absolute atomic E-state index is 0.425. The standard InChI is InChI=1S/C25H30Cl2N8O/c1-34-10-12-35(13-11-34)9-3-7-28-24-30-16-17-15-18(21-19(26)5-2-6-20(21)27)23(31-22(17)32-24)33-25-29-8-4-14-36-25/h2,5-6,15-16H,3-4,7-14H2,1H3,(H2,28,29,30,31,32,33). The van der Waals surface area contributed by atoms with Gasteiger partial charge in [0.15, 0.2) is 5.65 Å². The van der Waals surface area contributed by atoms with Gasteiger partial charge in [-0.25, -0.2) is 15.0 Å². The molecule has 9 nitrogen and oxygen atoms in total. The van der Waals surface area contributed by atoms with Gasteiger partial charge in [-0.15, -0.1) is 0 Å². The fourth-order valence-corrected chi connectivity index (χ4v) is 4.90. The maximum atomic E-state index is 6.54. The number of nitrogens with one attached hydrogen (secondary N) is 2. The number of rotatable bonds is 7. The molecule has 1 saturated heterocycles. The average molecular weight is 529 g/mol. The Morgan fingerprint density at radius 1 is 1.08 bits per heavy atom. The molecule has 2 aliphatic heterocycles. The number of ether oxygens (including phenoxy) is 1. The van der Waals surface area contributed by atoms with Crippen molar-refractivity contribution < 1.29 is 4.74 Å². The SMILES string of the molecule is CN1CCN(CCCNc2ncc3cc(-c4c(Cl)cccc4Cl)c(NC4=NCCCO4)nc3n2)CC1. The Kier molecular flexibility index (Phi) is 8.01. The summed E-state index contributed by atoms with van der Waals surface area (Å²) < 4.78 is 5.67. The molecule has 1 aromatic carbocycles. The van der Waals surface area contributed by atoms with Crippen LogP contribution < -0.4 is 10.6 Å². The summed E-state index contributed by atoms with van der Waals surface area (Å²) in [6, 6.07) is 7.79. The van der Waals surface area contributed by atoms with Gasteiger partial charge in [0, 0.05) is 68.4 Å². The van der Waals surface area contributed by atoms with E-state index in [4.69, 9.17) is 32.9 Å². The van der Waals surface area contributed by atoms with Crippen molar-refractivity contribution in [2.45, 2.75) is 12.8 Å². The van der Waals surface area contributed by atoms with E-state index in [0.717, 1.165) is 63.1 Å². The lowest BCUT2D eigenvalue weighted by Crippen LogP contribution is -2.44. The first-order valence-electron chi connectivity index (χ1n) is 12.3. The van der Waals surface area contributed by atoms with Crippen molar-refractivity contribution in [3.8, 4) is 11.1 Å². The van der Waals surface area contributed by atoms with Gasteiger partial charge in [0.05, 0.1) is 16.7 Å². The highest BCUT2D eigenvalue weighted by molar-refractivity contribution is 6.39. The molecule has 0 unspecified atom stereocenters. The smallest absolute Gasteiger partial charge is 0.290 e. The van der Waals surface area contributed by atoms with Crippen LogP contribution in [0.2, 0.25) is 10.0 Å². The topological polar surface area (TPSA) is 90.8 Å². The summed E-state index contributed by atoms with van der Waals surface area (Å²) in [4.78, 5) is 23.3. The first-order valence-corrected chi connectivity index (χ1v) is 13.0. The van der Waals surface area contributed by atoms with Crippen molar-refractivity contribution in [3.63, 3.8) is 0 Å². The lowest BCUT2D eigenvalue weighted by Gasteiger charge is -2.32. The fraction of sp³-hybridized carbons (Fsp3) is 0.440. The molecular formula is C25H30Cl2N8O. The molecule has 0 bridgehead atoms. The van der Waals surface area contributed by atoms with Crippen LogP contribution in [0.1, 0.15) is 12.8 Å². The first kappa shape index (κ1) is 25.0. The van der Waals surface area contributed by atoms with E-state index < -0.39 is 0 Å². The zero-order chi connectivity index (χ0) is 24.9. The molecule has 0 aliphatic carbocycles. The number of likely N-dealkylation sites (N-methyl/N-ethyl adjacent to an activating group) is 1. The van der Waals surface area contributed by atoms with E-state index in [2.05, 4.69) is 42.4 Å². The van der Waals surface area contributed by atoms with Crippen LogP contribution in [0.3, 0.4) is 0 Å². The van der Waals surface area contributed by atoms with Gasteiger partial charge in [-0.3, -0.25) is 5.32 Å². The minimum Gasteiger partial charge on any atom is -0.465 e. The van der Waals surface area contributed by atoms with Crippen molar-refractivity contribution in [1.82, 2.24) is 24.8 Å². The maximum Gasteiger partial charge on any atom is 0.290 e. The second kappa shape index (κ2) is 11.6. The first-order chi connectivity index (χ1) is 17.6. The average Bonchev–Trinajstić information content (AvgIpc) is 2.88. The molecular weight excluding hydrogens is 499 g/mol. The lowest BCUT2D eigenvalue weighted by molar-refractivity contribution is 0.154. The highest BCUT2D eigenvalue weighted by Crippen LogP contribution is 2.39. The molecule has 0 saturated carbocycles. The maximum absolute atomic E-state index is 6.54. The van der Waals surface area contributed by atoms with E-state index >= 15 is 0 Å². The quantitative estimate of drug-likeness (QED) is 0.440. The van der Waals surface area contributed by atoms with Crippen LogP contribution in [-0.2, 0) is 4.74 Å². The Morgan fingerprint density at radius 3 is 2.64 bits per heavy atom. The van der Waals surface area contributed by atoms with Crippen LogP contribution >= 0.6 is 23.2 Å². The second-order valence-corrected chi connectivity index (χ2v) is 9.84. The van der Waals surface area contributed by atoms with Gasteiger partial charge in [-0.2, -0.15) is 4.98 Å². The van der Waals surface area contributed by atoms with Gasteiger partial charge in [0.25, 0.3) is 6.02 Å². The van der Waals surface area contributed by atoms with Crippen molar-refractivity contribution in [1.29, 1.82) is 0 Å². The fourth-order valence-electron chi connectivity index (χ4n) is 4.30. The number of aromatic nitrogens is 3. The normalized spacial score (nSPS) is 17.0. The van der Waals surface area contributed by atoms with Gasteiger partial charge in [0.2, 0.25) is 5.95 Å². The Bertz CT molecular complexity index is 1230. The Morgan fingerprint density at radius 2 is 1.89 bits per heavy atom. The van der Waals surface area contributed by atoms with E-state index in [1.54, 1.807) is 18.3 Å². The Labute approximate surface area is 220 Å². The zero-order valence-electron chi connectivity index (χ0n) is 20.3. The van der Waals surface area contributed by atoms with Gasteiger partial charge in [-0.05, 0) is 38.2 Å². The van der Waals surface area contributed by atoms with Crippen molar-refractivity contribution >= 4 is 52.0 Å². The molecule has 2 aliphatic rings. The van der Waals surface area contributed by atoms with Gasteiger partial charge < -0.3 is 19.9 Å². The molecule has 2 N–H and O–H groups in total. The predicted molar refractivity (Wildman–Crippen MR) is 146 cm³/mol. The third-order valence-electron chi connectivity index (χ3n) is 6.35. The molecule has 5 rings (SSSR count). The number of hydrogen-bond acceptors (Lipinski definition) is 9. The summed E-state index contributed by atoms with van der Waals surface area (Å²) in [6.45, 7) is 7.65. The number of anilines is 2. The molecule has 3 aromatic rings. The van der Waals surface area contributed by atoms with Crippen LogP contribution in [0.5, 0.6) is 0 Å². The molecule has 2 aromatic heterocycles. The molecule has 11 heteroatoms. The Hall–Kier alpha value is -2.72. The summed E-state index contributed by atoms with van der Waals surface area (Å²) in [5.74, 6) is 1.08. The number of piperazine rings is 1. The number of pyridine rings is 1. The van der Waals surface area contributed by atoms with E-state index in [9.17, 15) is 0 Å². The van der Waals surface area contributed by atoms with Crippen molar-refractivity contribution in [2.75, 3.05) is 70.1 Å². The van der Waals surface area contributed by atoms with Crippen LogP contribution in [-0.4, -0.2) is 90.2 Å². The largest absolute Gasteiger partial charge is 0.465 e. The molecule has 0 amide bonds. The number of fused-ring (bicyclic) bond motifs is 1. The van der Waals surface area contributed by atoms with E-state index in [1.165, 1.54) is 0 Å². The molecule has 4 heterocycles. The van der Waals surface area contributed by atoms with Gasteiger partial charge in [-0.1, -0.05) is 29.3 Å². The van der Waals surface area contributed by atoms with Gasteiger partial charge >= 0.3 is 0 Å². The van der Waals surface area contributed by atoms with E-state index in [1.807, 2.05) is 12.1 Å². The molecule has 36 heavy (non-hydrogen) atoms. The highest BCUT2D eigenvalue weighted by atomic mass is 35.5. The number of hydrogen-bond donors (Lipinski definition) is 2. The lowest BCUT2D eigenvalue weighted by atomic mass is 10.0. The summed E-state index contributed by atoms with van der Waals surface area (Å²) in [5, 5.41) is 8.39. The summed E-state index contributed by atoms with van der Waals surface area (Å²) in [5.41, 5.74) is 1.96. The van der Waals surface area contributed by atoms with Crippen molar-refractivity contribution in [2.24, 2.45) is 4.99 Å². The molecule has 0 spiro atoms.